The van der Waals surface area contributed by atoms with Crippen LogP contribution in [0.1, 0.15) is 21.5 Å². The van der Waals surface area contributed by atoms with Gasteiger partial charge < -0.3 is 5.11 Å². The van der Waals surface area contributed by atoms with Crippen molar-refractivity contribution in [2.45, 2.75) is 0 Å². The molecule has 23 heavy (non-hydrogen) atoms. The maximum Gasteiger partial charge on any atom is 0.311 e. The third-order valence-corrected chi connectivity index (χ3v) is 3.44. The Balaban J connectivity index is 2.14. The van der Waals surface area contributed by atoms with Crippen LogP contribution in [0.3, 0.4) is 0 Å². The molecule has 0 fully saturated rings. The zero-order valence-corrected chi connectivity index (χ0v) is 11.6. The number of phenols is 1. The lowest BCUT2D eigenvalue weighted by atomic mass is 9.93. The molecule has 0 aromatic heterocycles. The second-order valence-electron chi connectivity index (χ2n) is 4.89. The molecular formula is C16H10N2O5. The molecule has 2 N–H and O–H groups in total. The summed E-state index contributed by atoms with van der Waals surface area (Å²) in [5, 5.41) is 22.6. The van der Waals surface area contributed by atoms with Gasteiger partial charge in [-0.05, 0) is 29.3 Å². The summed E-state index contributed by atoms with van der Waals surface area (Å²) < 4.78 is 0. The van der Waals surface area contributed by atoms with Crippen molar-refractivity contribution in [2.24, 2.45) is 0 Å². The summed E-state index contributed by atoms with van der Waals surface area (Å²) >= 11 is 0. The fraction of sp³-hybridized carbons (Fsp3) is 0. The van der Waals surface area contributed by atoms with Crippen LogP contribution in [0.4, 0.5) is 5.69 Å². The number of nitrogens with one attached hydrogen (secondary N) is 1. The number of hydrogen-bond donors (Lipinski definition) is 2. The molecule has 1 heterocycles. The maximum absolute atomic E-state index is 12.1. The van der Waals surface area contributed by atoms with E-state index in [1.165, 1.54) is 18.2 Å². The summed E-state index contributed by atoms with van der Waals surface area (Å²) in [6.45, 7) is 0. The van der Waals surface area contributed by atoms with Crippen LogP contribution in [0.5, 0.6) is 5.75 Å². The predicted molar refractivity (Wildman–Crippen MR) is 81.5 cm³/mol. The van der Waals surface area contributed by atoms with E-state index in [1.807, 2.05) is 0 Å². The van der Waals surface area contributed by atoms with E-state index in [0.717, 1.165) is 6.07 Å². The van der Waals surface area contributed by atoms with Crippen molar-refractivity contribution in [3.05, 3.63) is 69.3 Å². The minimum atomic E-state index is -0.713. The number of fused-ring (bicyclic) bond motifs is 1. The highest BCUT2D eigenvalue weighted by molar-refractivity contribution is 6.33. The Labute approximate surface area is 130 Å². The fourth-order valence-electron chi connectivity index (χ4n) is 2.36. The van der Waals surface area contributed by atoms with Crippen LogP contribution in [-0.4, -0.2) is 21.8 Å². The summed E-state index contributed by atoms with van der Waals surface area (Å²) in [4.78, 5) is 34.0. The number of amides is 2. The van der Waals surface area contributed by atoms with Crippen LogP contribution >= 0.6 is 0 Å². The van der Waals surface area contributed by atoms with E-state index in [-0.39, 0.29) is 5.57 Å². The molecule has 2 amide bonds. The average molecular weight is 310 g/mol. The Morgan fingerprint density at radius 3 is 2.43 bits per heavy atom. The van der Waals surface area contributed by atoms with Crippen molar-refractivity contribution in [1.82, 2.24) is 5.32 Å². The first-order valence-corrected chi connectivity index (χ1v) is 6.61. The van der Waals surface area contributed by atoms with E-state index < -0.39 is 28.2 Å². The normalized spacial score (nSPS) is 15.2. The predicted octanol–water partition coefficient (Wildman–Crippen LogP) is 2.11. The molecule has 0 atom stereocenters. The first kappa shape index (κ1) is 14.5. The molecule has 2 aromatic rings. The van der Waals surface area contributed by atoms with Gasteiger partial charge >= 0.3 is 5.69 Å². The summed E-state index contributed by atoms with van der Waals surface area (Å²) in [5.41, 5.74) is 0.938. The second kappa shape index (κ2) is 5.38. The van der Waals surface area contributed by atoms with E-state index in [4.69, 9.17) is 0 Å². The number of carbonyl (C=O) groups excluding carboxylic acids is 2. The van der Waals surface area contributed by atoms with E-state index >= 15 is 0 Å². The molecule has 0 radical (unpaired) electrons. The minimum Gasteiger partial charge on any atom is -0.502 e. The zero-order valence-electron chi connectivity index (χ0n) is 11.6. The Morgan fingerprint density at radius 2 is 1.74 bits per heavy atom. The first-order chi connectivity index (χ1) is 11.0. The van der Waals surface area contributed by atoms with Crippen LogP contribution in [-0.2, 0) is 4.79 Å². The van der Waals surface area contributed by atoms with Crippen molar-refractivity contribution >= 4 is 29.2 Å². The van der Waals surface area contributed by atoms with Crippen molar-refractivity contribution in [1.29, 1.82) is 0 Å². The molecule has 0 spiro atoms. The molecule has 2 aromatic carbocycles. The van der Waals surface area contributed by atoms with Gasteiger partial charge in [0.15, 0.2) is 5.75 Å². The standard InChI is InChI=1S/C16H10N2O5/c19-14-6-5-9(8-13(14)18(22)23)7-12-10-3-1-2-4-11(10)15(20)17-16(12)21/h1-8,19H,(H,17,20,21). The van der Waals surface area contributed by atoms with Gasteiger partial charge in [0.05, 0.1) is 4.92 Å². The zero-order chi connectivity index (χ0) is 16.6. The van der Waals surface area contributed by atoms with Gasteiger partial charge in [0.2, 0.25) is 0 Å². The number of benzene rings is 2. The van der Waals surface area contributed by atoms with Gasteiger partial charge in [-0.1, -0.05) is 24.3 Å². The van der Waals surface area contributed by atoms with Crippen molar-refractivity contribution in [3.63, 3.8) is 0 Å². The quantitative estimate of drug-likeness (QED) is 0.382. The lowest BCUT2D eigenvalue weighted by Gasteiger charge is -2.17. The molecule has 114 valence electrons. The highest BCUT2D eigenvalue weighted by Gasteiger charge is 2.26. The molecule has 1 aliphatic rings. The van der Waals surface area contributed by atoms with Crippen molar-refractivity contribution < 1.29 is 19.6 Å². The van der Waals surface area contributed by atoms with Gasteiger partial charge in [-0.3, -0.25) is 25.0 Å². The van der Waals surface area contributed by atoms with E-state index in [2.05, 4.69) is 5.32 Å². The molecule has 0 aliphatic carbocycles. The lowest BCUT2D eigenvalue weighted by molar-refractivity contribution is -0.385. The second-order valence-corrected chi connectivity index (χ2v) is 4.89. The topological polar surface area (TPSA) is 110 Å². The molecule has 7 nitrogen and oxygen atoms in total. The summed E-state index contributed by atoms with van der Waals surface area (Å²) in [5.74, 6) is -1.52. The molecular weight excluding hydrogens is 300 g/mol. The largest absolute Gasteiger partial charge is 0.502 e. The van der Waals surface area contributed by atoms with Crippen LogP contribution in [0.25, 0.3) is 11.6 Å². The summed E-state index contributed by atoms with van der Waals surface area (Å²) in [6.07, 6.45) is 1.44. The smallest absolute Gasteiger partial charge is 0.311 e. The van der Waals surface area contributed by atoms with Crippen molar-refractivity contribution in [2.75, 3.05) is 0 Å². The molecule has 0 bridgehead atoms. The summed E-state index contributed by atoms with van der Waals surface area (Å²) in [6, 6.07) is 10.4. The number of nitro groups is 1. The Kier molecular flexibility index (Phi) is 3.38. The van der Waals surface area contributed by atoms with Gasteiger partial charge in [-0.15, -0.1) is 0 Å². The Morgan fingerprint density at radius 1 is 1.04 bits per heavy atom. The number of nitro benzene ring substituents is 1. The third kappa shape index (κ3) is 2.55. The van der Waals surface area contributed by atoms with Gasteiger partial charge in [-0.25, -0.2) is 0 Å². The average Bonchev–Trinajstić information content (AvgIpc) is 2.52. The Bertz CT molecular complexity index is 886. The van der Waals surface area contributed by atoms with E-state index in [0.29, 0.717) is 16.7 Å². The van der Waals surface area contributed by atoms with E-state index in [9.17, 15) is 24.8 Å². The molecule has 3 rings (SSSR count). The van der Waals surface area contributed by atoms with Crippen LogP contribution in [0.2, 0.25) is 0 Å². The van der Waals surface area contributed by atoms with Gasteiger partial charge in [0.25, 0.3) is 11.8 Å². The fourth-order valence-corrected chi connectivity index (χ4v) is 2.36. The number of aromatic hydroxyl groups is 1. The highest BCUT2D eigenvalue weighted by Crippen LogP contribution is 2.30. The molecule has 0 unspecified atom stereocenters. The maximum atomic E-state index is 12.1. The van der Waals surface area contributed by atoms with Gasteiger partial charge in [-0.2, -0.15) is 0 Å². The molecule has 1 aliphatic heterocycles. The number of hydrogen-bond acceptors (Lipinski definition) is 5. The number of carbonyl (C=O) groups is 2. The number of nitrogens with zero attached hydrogens (tertiary/aromatic N) is 1. The molecule has 7 heteroatoms. The lowest BCUT2D eigenvalue weighted by Crippen LogP contribution is -2.36. The molecule has 0 saturated heterocycles. The highest BCUT2D eigenvalue weighted by atomic mass is 16.6. The summed E-state index contributed by atoms with van der Waals surface area (Å²) in [7, 11) is 0. The van der Waals surface area contributed by atoms with Gasteiger partial charge in [0.1, 0.15) is 0 Å². The van der Waals surface area contributed by atoms with Gasteiger partial charge in [0, 0.05) is 17.2 Å². The van der Waals surface area contributed by atoms with Crippen LogP contribution < -0.4 is 5.32 Å². The number of phenolic OH excluding ortho intramolecular Hbond substituents is 1. The third-order valence-electron chi connectivity index (χ3n) is 3.44. The van der Waals surface area contributed by atoms with E-state index in [1.54, 1.807) is 24.3 Å². The van der Waals surface area contributed by atoms with Crippen molar-refractivity contribution in [3.8, 4) is 5.75 Å². The van der Waals surface area contributed by atoms with Crippen LogP contribution in [0.15, 0.2) is 42.5 Å². The Hall–Kier alpha value is -3.48. The number of rotatable bonds is 2. The first-order valence-electron chi connectivity index (χ1n) is 6.61. The minimum absolute atomic E-state index is 0.222. The van der Waals surface area contributed by atoms with Crippen LogP contribution in [0, 0.1) is 10.1 Å². The monoisotopic (exact) mass is 310 g/mol. The SMILES string of the molecule is O=C1NC(=O)c2ccccc2C1=Cc1ccc(O)c([N+](=O)[O-])c1. The number of imide groups is 1. The molecule has 0 saturated carbocycles.